The van der Waals surface area contributed by atoms with Gasteiger partial charge in [-0.3, -0.25) is 4.79 Å². The average Bonchev–Trinajstić information content (AvgIpc) is 2.28. The maximum Gasteiger partial charge on any atom is 0.220 e. The van der Waals surface area contributed by atoms with Crippen LogP contribution >= 0.6 is 0 Å². The van der Waals surface area contributed by atoms with E-state index in [4.69, 9.17) is 14.2 Å². The van der Waals surface area contributed by atoms with E-state index in [1.54, 1.807) is 7.11 Å². The first-order valence-corrected chi connectivity index (χ1v) is 6.43. The van der Waals surface area contributed by atoms with Gasteiger partial charge in [0, 0.05) is 26.7 Å². The van der Waals surface area contributed by atoms with Crippen LogP contribution in [0.5, 0.6) is 0 Å². The Labute approximate surface area is 110 Å². The van der Waals surface area contributed by atoms with Crippen LogP contribution in [0.15, 0.2) is 0 Å². The summed E-state index contributed by atoms with van der Waals surface area (Å²) < 4.78 is 15.6. The lowest BCUT2D eigenvalue weighted by atomic mass is 10.2. The van der Waals surface area contributed by atoms with Gasteiger partial charge in [0.1, 0.15) is 0 Å². The maximum absolute atomic E-state index is 11.4. The van der Waals surface area contributed by atoms with Crippen molar-refractivity contribution in [3.05, 3.63) is 0 Å². The van der Waals surface area contributed by atoms with Gasteiger partial charge in [-0.25, -0.2) is 0 Å². The molecule has 0 aliphatic rings. The number of amides is 1. The monoisotopic (exact) mass is 261 g/mol. The van der Waals surface area contributed by atoms with Crippen molar-refractivity contribution in [1.82, 2.24) is 5.32 Å². The molecule has 5 heteroatoms. The van der Waals surface area contributed by atoms with Gasteiger partial charge >= 0.3 is 0 Å². The highest BCUT2D eigenvalue weighted by Gasteiger charge is 2.09. The molecule has 0 spiro atoms. The van der Waals surface area contributed by atoms with Gasteiger partial charge in [0.15, 0.2) is 0 Å². The summed E-state index contributed by atoms with van der Waals surface area (Å²) in [4.78, 5) is 11.4. The van der Waals surface area contributed by atoms with Gasteiger partial charge in [-0.2, -0.15) is 0 Å². The zero-order chi connectivity index (χ0) is 13.9. The van der Waals surface area contributed by atoms with E-state index in [1.807, 2.05) is 20.8 Å². The lowest BCUT2D eigenvalue weighted by molar-refractivity contribution is -0.122. The fourth-order valence-electron chi connectivity index (χ4n) is 1.21. The molecule has 0 fully saturated rings. The molecule has 0 heterocycles. The SMILES string of the molecule is COCCOCCNC(=O)CCCOC(C)(C)C. The van der Waals surface area contributed by atoms with Crippen LogP contribution in [-0.4, -0.2) is 51.6 Å². The summed E-state index contributed by atoms with van der Waals surface area (Å²) in [6.07, 6.45) is 1.24. The summed E-state index contributed by atoms with van der Waals surface area (Å²) in [6.45, 7) is 8.83. The standard InChI is InChI=1S/C13H27NO4/c1-13(2,3)18-8-5-6-12(15)14-7-9-17-11-10-16-4/h5-11H2,1-4H3,(H,14,15). The Hall–Kier alpha value is -0.650. The molecule has 0 aromatic carbocycles. The molecule has 1 amide bonds. The van der Waals surface area contributed by atoms with Crippen LogP contribution in [0.4, 0.5) is 0 Å². The van der Waals surface area contributed by atoms with Crippen molar-refractivity contribution in [3.63, 3.8) is 0 Å². The molecule has 5 nitrogen and oxygen atoms in total. The third-order valence-corrected chi connectivity index (χ3v) is 2.08. The van der Waals surface area contributed by atoms with Crippen molar-refractivity contribution in [2.45, 2.75) is 39.2 Å². The van der Waals surface area contributed by atoms with Crippen molar-refractivity contribution in [2.75, 3.05) is 40.1 Å². The topological polar surface area (TPSA) is 56.8 Å². The summed E-state index contributed by atoms with van der Waals surface area (Å²) in [5.41, 5.74) is -0.133. The molecule has 108 valence electrons. The lowest BCUT2D eigenvalue weighted by Crippen LogP contribution is -2.28. The predicted molar refractivity (Wildman–Crippen MR) is 70.6 cm³/mol. The smallest absolute Gasteiger partial charge is 0.220 e. The molecule has 0 aliphatic carbocycles. The van der Waals surface area contributed by atoms with Crippen molar-refractivity contribution < 1.29 is 19.0 Å². The van der Waals surface area contributed by atoms with Gasteiger partial charge in [0.2, 0.25) is 5.91 Å². The molecule has 0 aromatic heterocycles. The largest absolute Gasteiger partial charge is 0.382 e. The second-order valence-electron chi connectivity index (χ2n) is 5.02. The van der Waals surface area contributed by atoms with Crippen LogP contribution < -0.4 is 5.32 Å². The molecule has 0 rings (SSSR count). The summed E-state index contributed by atoms with van der Waals surface area (Å²) in [5, 5.41) is 2.80. The van der Waals surface area contributed by atoms with Crippen molar-refractivity contribution in [3.8, 4) is 0 Å². The molecule has 0 bridgehead atoms. The number of hydrogen-bond donors (Lipinski definition) is 1. The molecule has 0 aliphatic heterocycles. The summed E-state index contributed by atoms with van der Waals surface area (Å²) >= 11 is 0. The summed E-state index contributed by atoms with van der Waals surface area (Å²) in [5.74, 6) is 0.0443. The number of methoxy groups -OCH3 is 1. The Morgan fingerprint density at radius 3 is 2.44 bits per heavy atom. The van der Waals surface area contributed by atoms with Gasteiger partial charge in [0.05, 0.1) is 25.4 Å². The minimum Gasteiger partial charge on any atom is -0.382 e. The number of rotatable bonds is 10. The maximum atomic E-state index is 11.4. The van der Waals surface area contributed by atoms with E-state index in [0.29, 0.717) is 39.4 Å². The molecule has 1 N–H and O–H groups in total. The highest BCUT2D eigenvalue weighted by atomic mass is 16.5. The van der Waals surface area contributed by atoms with E-state index >= 15 is 0 Å². The molecular weight excluding hydrogens is 234 g/mol. The molecule has 0 saturated heterocycles. The third-order valence-electron chi connectivity index (χ3n) is 2.08. The van der Waals surface area contributed by atoms with Crippen LogP contribution in [0.25, 0.3) is 0 Å². The van der Waals surface area contributed by atoms with Gasteiger partial charge < -0.3 is 19.5 Å². The number of carbonyl (C=O) groups is 1. The van der Waals surface area contributed by atoms with Crippen molar-refractivity contribution >= 4 is 5.91 Å². The van der Waals surface area contributed by atoms with Crippen molar-refractivity contribution in [1.29, 1.82) is 0 Å². The second-order valence-corrected chi connectivity index (χ2v) is 5.02. The zero-order valence-corrected chi connectivity index (χ0v) is 12.1. The Morgan fingerprint density at radius 2 is 1.83 bits per heavy atom. The van der Waals surface area contributed by atoms with E-state index in [9.17, 15) is 4.79 Å². The number of hydrogen-bond acceptors (Lipinski definition) is 4. The molecule has 0 radical (unpaired) electrons. The summed E-state index contributed by atoms with van der Waals surface area (Å²) in [7, 11) is 1.63. The molecule has 0 atom stereocenters. The van der Waals surface area contributed by atoms with Crippen molar-refractivity contribution in [2.24, 2.45) is 0 Å². The molecule has 0 unspecified atom stereocenters. The van der Waals surface area contributed by atoms with Gasteiger partial charge in [-0.1, -0.05) is 0 Å². The van der Waals surface area contributed by atoms with Gasteiger partial charge in [-0.05, 0) is 27.2 Å². The fraction of sp³-hybridized carbons (Fsp3) is 0.923. The zero-order valence-electron chi connectivity index (χ0n) is 12.1. The van der Waals surface area contributed by atoms with Crippen LogP contribution in [0.2, 0.25) is 0 Å². The second kappa shape index (κ2) is 10.3. The average molecular weight is 261 g/mol. The van der Waals surface area contributed by atoms with Crippen LogP contribution in [0.1, 0.15) is 33.6 Å². The van der Waals surface area contributed by atoms with Crippen LogP contribution in [0.3, 0.4) is 0 Å². The Morgan fingerprint density at radius 1 is 1.11 bits per heavy atom. The number of nitrogens with one attached hydrogen (secondary N) is 1. The van der Waals surface area contributed by atoms with E-state index in [1.165, 1.54) is 0 Å². The highest BCUT2D eigenvalue weighted by Crippen LogP contribution is 2.07. The minimum absolute atomic E-state index is 0.0443. The number of carbonyl (C=O) groups excluding carboxylic acids is 1. The predicted octanol–water partition coefficient (Wildman–Crippen LogP) is 1.36. The summed E-state index contributed by atoms with van der Waals surface area (Å²) in [6, 6.07) is 0. The normalized spacial score (nSPS) is 11.6. The highest BCUT2D eigenvalue weighted by molar-refractivity contribution is 5.75. The van der Waals surface area contributed by atoms with Gasteiger partial charge in [0.25, 0.3) is 0 Å². The minimum atomic E-state index is -0.133. The third kappa shape index (κ3) is 13.4. The quantitative estimate of drug-likeness (QED) is 0.603. The van der Waals surface area contributed by atoms with E-state index < -0.39 is 0 Å². The van der Waals surface area contributed by atoms with Gasteiger partial charge in [-0.15, -0.1) is 0 Å². The van der Waals surface area contributed by atoms with E-state index in [-0.39, 0.29) is 11.5 Å². The fourth-order valence-corrected chi connectivity index (χ4v) is 1.21. The first-order valence-electron chi connectivity index (χ1n) is 6.43. The Balaban J connectivity index is 3.28. The van der Waals surface area contributed by atoms with E-state index in [2.05, 4.69) is 5.32 Å². The Bertz CT molecular complexity index is 214. The molecular formula is C13H27NO4. The Kier molecular flexibility index (Phi) is 9.92. The van der Waals surface area contributed by atoms with Crippen LogP contribution in [-0.2, 0) is 19.0 Å². The van der Waals surface area contributed by atoms with E-state index in [0.717, 1.165) is 6.42 Å². The first-order chi connectivity index (χ1) is 8.45. The molecule has 0 saturated carbocycles. The molecule has 18 heavy (non-hydrogen) atoms. The molecule has 0 aromatic rings. The first kappa shape index (κ1) is 17.4. The van der Waals surface area contributed by atoms with Crippen LogP contribution in [0, 0.1) is 0 Å². The number of ether oxygens (including phenoxy) is 3. The lowest BCUT2D eigenvalue weighted by Gasteiger charge is -2.19.